The summed E-state index contributed by atoms with van der Waals surface area (Å²) in [6, 6.07) is 0.392. The van der Waals surface area contributed by atoms with Crippen molar-refractivity contribution in [2.45, 2.75) is 38.3 Å². The Morgan fingerprint density at radius 3 is 3.00 bits per heavy atom. The lowest BCUT2D eigenvalue weighted by Crippen LogP contribution is -2.52. The normalized spacial score (nSPS) is 26.2. The molecule has 1 aromatic rings. The highest BCUT2D eigenvalue weighted by Crippen LogP contribution is 2.31. The van der Waals surface area contributed by atoms with Gasteiger partial charge in [-0.1, -0.05) is 0 Å². The zero-order chi connectivity index (χ0) is 16.2. The van der Waals surface area contributed by atoms with Crippen LogP contribution in [0.25, 0.3) is 0 Å². The van der Waals surface area contributed by atoms with Gasteiger partial charge in [0.2, 0.25) is 5.91 Å². The predicted molar refractivity (Wildman–Crippen MR) is 87.8 cm³/mol. The van der Waals surface area contributed by atoms with Crippen LogP contribution in [-0.4, -0.2) is 64.7 Å². The average Bonchev–Trinajstić information content (AvgIpc) is 2.87. The second-order valence-corrected chi connectivity index (χ2v) is 6.82. The zero-order valence-electron chi connectivity index (χ0n) is 14.3. The van der Waals surface area contributed by atoms with Crippen LogP contribution in [0.2, 0.25) is 0 Å². The van der Waals surface area contributed by atoms with E-state index < -0.39 is 0 Å². The number of piperidine rings is 1. The number of methoxy groups -OCH3 is 1. The molecule has 2 aliphatic rings. The Labute approximate surface area is 138 Å². The summed E-state index contributed by atoms with van der Waals surface area (Å²) in [5.41, 5.74) is 1.25. The molecular formula is C17H28N4O2. The van der Waals surface area contributed by atoms with Gasteiger partial charge in [-0.3, -0.25) is 9.69 Å². The molecule has 1 amide bonds. The number of carbonyl (C=O) groups is 1. The Morgan fingerprint density at radius 1 is 1.39 bits per heavy atom. The van der Waals surface area contributed by atoms with Crippen LogP contribution in [0.4, 0.5) is 0 Å². The van der Waals surface area contributed by atoms with Crippen molar-refractivity contribution in [3.05, 3.63) is 18.2 Å². The van der Waals surface area contributed by atoms with E-state index in [2.05, 4.69) is 19.4 Å². The molecule has 23 heavy (non-hydrogen) atoms. The number of fused-ring (bicyclic) bond motifs is 1. The van der Waals surface area contributed by atoms with Gasteiger partial charge in [-0.25, -0.2) is 4.98 Å². The number of imidazole rings is 1. The molecule has 3 heterocycles. The van der Waals surface area contributed by atoms with Gasteiger partial charge in [-0.2, -0.15) is 0 Å². The lowest BCUT2D eigenvalue weighted by Gasteiger charge is -2.42. The maximum absolute atomic E-state index is 12.4. The summed E-state index contributed by atoms with van der Waals surface area (Å²) in [6.45, 7) is 4.44. The number of rotatable bonds is 5. The van der Waals surface area contributed by atoms with Gasteiger partial charge in [0.05, 0.1) is 18.6 Å². The Hall–Kier alpha value is -1.40. The summed E-state index contributed by atoms with van der Waals surface area (Å²) >= 11 is 0. The fraction of sp³-hybridized carbons (Fsp3) is 0.765. The van der Waals surface area contributed by atoms with Crippen molar-refractivity contribution in [3.63, 3.8) is 0 Å². The van der Waals surface area contributed by atoms with Crippen LogP contribution >= 0.6 is 0 Å². The third-order valence-electron chi connectivity index (χ3n) is 5.30. The smallest absolute Gasteiger partial charge is 0.222 e. The summed E-state index contributed by atoms with van der Waals surface area (Å²) in [4.78, 5) is 21.2. The standard InChI is InChI=1S/C17H28N4O2/c1-19-13-18-10-15(19)12-20-7-6-16-14(11-20)4-3-5-17(22)21(16)8-9-23-2/h10,13-14,16H,3-9,11-12H2,1-2H3/t14-,16+/m0/s1. The maximum Gasteiger partial charge on any atom is 0.222 e. The van der Waals surface area contributed by atoms with E-state index in [0.717, 1.165) is 45.4 Å². The summed E-state index contributed by atoms with van der Waals surface area (Å²) in [7, 11) is 3.75. The second kappa shape index (κ2) is 7.45. The van der Waals surface area contributed by atoms with E-state index in [1.807, 2.05) is 19.6 Å². The number of aryl methyl sites for hydroxylation is 1. The lowest BCUT2D eigenvalue weighted by atomic mass is 9.88. The molecule has 0 spiro atoms. The third-order valence-corrected chi connectivity index (χ3v) is 5.30. The second-order valence-electron chi connectivity index (χ2n) is 6.82. The fourth-order valence-electron chi connectivity index (χ4n) is 4.02. The number of hydrogen-bond donors (Lipinski definition) is 0. The molecule has 2 aliphatic heterocycles. The first-order valence-corrected chi connectivity index (χ1v) is 8.65. The van der Waals surface area contributed by atoms with Crippen molar-refractivity contribution in [2.24, 2.45) is 13.0 Å². The Bertz CT molecular complexity index is 530. The highest BCUT2D eigenvalue weighted by atomic mass is 16.5. The van der Waals surface area contributed by atoms with E-state index in [0.29, 0.717) is 30.9 Å². The highest BCUT2D eigenvalue weighted by molar-refractivity contribution is 5.76. The van der Waals surface area contributed by atoms with Gasteiger partial charge in [0.25, 0.3) is 0 Å². The molecule has 0 unspecified atom stereocenters. The van der Waals surface area contributed by atoms with Crippen LogP contribution in [0.3, 0.4) is 0 Å². The zero-order valence-corrected chi connectivity index (χ0v) is 14.3. The minimum atomic E-state index is 0.314. The number of nitrogens with zero attached hydrogens (tertiary/aromatic N) is 4. The van der Waals surface area contributed by atoms with E-state index >= 15 is 0 Å². The fourth-order valence-corrected chi connectivity index (χ4v) is 4.02. The molecule has 6 heteroatoms. The Kier molecular flexibility index (Phi) is 5.33. The van der Waals surface area contributed by atoms with Gasteiger partial charge in [0.15, 0.2) is 0 Å². The molecule has 6 nitrogen and oxygen atoms in total. The SMILES string of the molecule is COCCN1C(=O)CCC[C@H]2CN(Cc3cncn3C)CC[C@H]21. The molecule has 2 saturated heterocycles. The van der Waals surface area contributed by atoms with Crippen LogP contribution in [0.5, 0.6) is 0 Å². The maximum atomic E-state index is 12.4. The number of amides is 1. The van der Waals surface area contributed by atoms with Crippen molar-refractivity contribution < 1.29 is 9.53 Å². The Balaban J connectivity index is 1.65. The van der Waals surface area contributed by atoms with Gasteiger partial charge in [0, 0.05) is 59.0 Å². The van der Waals surface area contributed by atoms with Crippen molar-refractivity contribution in [1.82, 2.24) is 19.4 Å². The molecule has 0 aliphatic carbocycles. The van der Waals surface area contributed by atoms with Crippen molar-refractivity contribution >= 4 is 5.91 Å². The van der Waals surface area contributed by atoms with Crippen LogP contribution in [-0.2, 0) is 23.1 Å². The van der Waals surface area contributed by atoms with Crippen LogP contribution in [0.15, 0.2) is 12.5 Å². The third kappa shape index (κ3) is 3.75. The average molecular weight is 320 g/mol. The van der Waals surface area contributed by atoms with Crippen molar-refractivity contribution in [2.75, 3.05) is 33.4 Å². The first-order chi connectivity index (χ1) is 11.2. The van der Waals surface area contributed by atoms with Gasteiger partial charge in [-0.05, 0) is 25.2 Å². The summed E-state index contributed by atoms with van der Waals surface area (Å²) in [5, 5.41) is 0. The predicted octanol–water partition coefficient (Wildman–Crippen LogP) is 1.27. The minimum absolute atomic E-state index is 0.314. The summed E-state index contributed by atoms with van der Waals surface area (Å²) in [6.07, 6.45) is 7.74. The summed E-state index contributed by atoms with van der Waals surface area (Å²) in [5.74, 6) is 0.898. The largest absolute Gasteiger partial charge is 0.383 e. The molecule has 0 saturated carbocycles. The molecular weight excluding hydrogens is 292 g/mol. The van der Waals surface area contributed by atoms with Crippen LogP contribution in [0, 0.1) is 5.92 Å². The molecule has 2 atom stereocenters. The van der Waals surface area contributed by atoms with Gasteiger partial charge < -0.3 is 14.2 Å². The van der Waals surface area contributed by atoms with E-state index in [9.17, 15) is 4.79 Å². The lowest BCUT2D eigenvalue weighted by molar-refractivity contribution is -0.135. The highest BCUT2D eigenvalue weighted by Gasteiger charge is 2.37. The van der Waals surface area contributed by atoms with E-state index in [1.54, 1.807) is 7.11 Å². The van der Waals surface area contributed by atoms with E-state index in [-0.39, 0.29) is 0 Å². The van der Waals surface area contributed by atoms with Crippen molar-refractivity contribution in [3.8, 4) is 0 Å². The van der Waals surface area contributed by atoms with Crippen LogP contribution in [0.1, 0.15) is 31.4 Å². The topological polar surface area (TPSA) is 50.6 Å². The number of ether oxygens (including phenoxy) is 1. The monoisotopic (exact) mass is 320 g/mol. The molecule has 0 radical (unpaired) electrons. The minimum Gasteiger partial charge on any atom is -0.383 e. The molecule has 128 valence electrons. The molecule has 2 fully saturated rings. The molecule has 1 aromatic heterocycles. The Morgan fingerprint density at radius 2 is 2.26 bits per heavy atom. The first kappa shape index (κ1) is 16.5. The van der Waals surface area contributed by atoms with Gasteiger partial charge >= 0.3 is 0 Å². The van der Waals surface area contributed by atoms with E-state index in [4.69, 9.17) is 4.74 Å². The molecule has 0 aromatic carbocycles. The van der Waals surface area contributed by atoms with Gasteiger partial charge in [-0.15, -0.1) is 0 Å². The molecule has 0 N–H and O–H groups in total. The molecule has 0 bridgehead atoms. The number of carbonyl (C=O) groups excluding carboxylic acids is 1. The quantitative estimate of drug-likeness (QED) is 0.820. The van der Waals surface area contributed by atoms with Crippen LogP contribution < -0.4 is 0 Å². The van der Waals surface area contributed by atoms with E-state index in [1.165, 1.54) is 5.69 Å². The summed E-state index contributed by atoms with van der Waals surface area (Å²) < 4.78 is 7.29. The first-order valence-electron chi connectivity index (χ1n) is 8.65. The van der Waals surface area contributed by atoms with Gasteiger partial charge in [0.1, 0.15) is 0 Å². The molecule has 3 rings (SSSR count). The number of aromatic nitrogens is 2. The number of likely N-dealkylation sites (tertiary alicyclic amines) is 2. The number of hydrogen-bond acceptors (Lipinski definition) is 4. The van der Waals surface area contributed by atoms with Crippen molar-refractivity contribution in [1.29, 1.82) is 0 Å².